The van der Waals surface area contributed by atoms with Crippen LogP contribution in [0.3, 0.4) is 0 Å². The zero-order chi connectivity index (χ0) is 26.1. The summed E-state index contributed by atoms with van der Waals surface area (Å²) in [6.45, 7) is 4.28. The number of hydrogen-bond acceptors (Lipinski definition) is 5. The maximum atomic E-state index is 13.5. The predicted molar refractivity (Wildman–Crippen MR) is 149 cm³/mol. The maximum absolute atomic E-state index is 13.5. The van der Waals surface area contributed by atoms with Crippen LogP contribution in [0.4, 0.5) is 5.69 Å². The number of nitrogens with zero attached hydrogens (tertiary/aromatic N) is 1. The summed E-state index contributed by atoms with van der Waals surface area (Å²) in [6.07, 6.45) is 0. The van der Waals surface area contributed by atoms with Crippen LogP contribution in [0.15, 0.2) is 71.6 Å². The third-order valence-corrected chi connectivity index (χ3v) is 8.56. The van der Waals surface area contributed by atoms with Crippen LogP contribution in [0.2, 0.25) is 10.0 Å². The van der Waals surface area contributed by atoms with E-state index < -0.39 is 15.9 Å². The van der Waals surface area contributed by atoms with Crippen molar-refractivity contribution in [3.63, 3.8) is 0 Å². The molecule has 0 fully saturated rings. The van der Waals surface area contributed by atoms with Crippen LogP contribution in [-0.2, 0) is 20.6 Å². The molecule has 0 aliphatic heterocycles. The number of carbonyl (C=O) groups is 1. The van der Waals surface area contributed by atoms with E-state index in [1.807, 2.05) is 19.9 Å². The third-order valence-electron chi connectivity index (χ3n) is 5.17. The van der Waals surface area contributed by atoms with E-state index in [4.69, 9.17) is 27.9 Å². The maximum Gasteiger partial charge on any atom is 0.264 e. The SMILES string of the molecule is CCOc1ccc(N(CC(=O)NCCSCc2ccc(Cl)cc2Cl)S(=O)(=O)c2ccc(C)cc2)cc1. The lowest BCUT2D eigenvalue weighted by molar-refractivity contribution is -0.119. The van der Waals surface area contributed by atoms with Gasteiger partial charge in [-0.15, -0.1) is 0 Å². The lowest BCUT2D eigenvalue weighted by Gasteiger charge is -2.24. The lowest BCUT2D eigenvalue weighted by Crippen LogP contribution is -2.41. The number of halogens is 2. The smallest absolute Gasteiger partial charge is 0.264 e. The van der Waals surface area contributed by atoms with Gasteiger partial charge in [-0.3, -0.25) is 9.10 Å². The predicted octanol–water partition coefficient (Wildman–Crippen LogP) is 5.95. The van der Waals surface area contributed by atoms with Gasteiger partial charge in [-0.05, 0) is 67.9 Å². The Morgan fingerprint density at radius 3 is 2.36 bits per heavy atom. The highest BCUT2D eigenvalue weighted by molar-refractivity contribution is 7.98. The molecule has 0 saturated carbocycles. The van der Waals surface area contributed by atoms with E-state index in [2.05, 4.69) is 5.32 Å². The molecular weight excluding hydrogens is 539 g/mol. The minimum Gasteiger partial charge on any atom is -0.494 e. The van der Waals surface area contributed by atoms with Gasteiger partial charge in [-0.1, -0.05) is 47.0 Å². The molecule has 0 spiro atoms. The quantitative estimate of drug-likeness (QED) is 0.274. The van der Waals surface area contributed by atoms with E-state index in [1.165, 1.54) is 0 Å². The second-order valence-electron chi connectivity index (χ2n) is 7.89. The molecule has 1 amide bonds. The van der Waals surface area contributed by atoms with E-state index in [1.54, 1.807) is 72.4 Å². The summed E-state index contributed by atoms with van der Waals surface area (Å²) < 4.78 is 33.5. The van der Waals surface area contributed by atoms with Crippen molar-refractivity contribution in [1.82, 2.24) is 5.32 Å². The lowest BCUT2D eigenvalue weighted by atomic mass is 10.2. The van der Waals surface area contributed by atoms with E-state index in [0.29, 0.717) is 46.1 Å². The van der Waals surface area contributed by atoms with E-state index in [-0.39, 0.29) is 11.4 Å². The Bertz CT molecular complexity index is 1270. The van der Waals surface area contributed by atoms with Gasteiger partial charge >= 0.3 is 0 Å². The average molecular weight is 568 g/mol. The van der Waals surface area contributed by atoms with Crippen molar-refractivity contribution in [3.05, 3.63) is 87.9 Å². The second kappa shape index (κ2) is 13.2. The fourth-order valence-corrected chi connectivity index (χ4v) is 6.14. The Morgan fingerprint density at radius 1 is 1.03 bits per heavy atom. The average Bonchev–Trinajstić information content (AvgIpc) is 2.84. The van der Waals surface area contributed by atoms with Crippen molar-refractivity contribution in [2.75, 3.05) is 29.8 Å². The number of hydrogen-bond donors (Lipinski definition) is 1. The van der Waals surface area contributed by atoms with Crippen LogP contribution in [0.1, 0.15) is 18.1 Å². The number of carbonyl (C=O) groups excluding carboxylic acids is 1. The Balaban J connectivity index is 1.66. The fraction of sp³-hybridized carbons (Fsp3) is 0.269. The summed E-state index contributed by atoms with van der Waals surface area (Å²) in [5.41, 5.74) is 2.28. The molecule has 0 unspecified atom stereocenters. The Hall–Kier alpha value is -2.39. The number of nitrogens with one attached hydrogen (secondary N) is 1. The number of rotatable bonds is 12. The van der Waals surface area contributed by atoms with Crippen LogP contribution < -0.4 is 14.4 Å². The third kappa shape index (κ3) is 7.80. The van der Waals surface area contributed by atoms with Gasteiger partial charge in [0.25, 0.3) is 10.0 Å². The summed E-state index contributed by atoms with van der Waals surface area (Å²) in [5, 5.41) is 4.00. The summed E-state index contributed by atoms with van der Waals surface area (Å²) in [7, 11) is -3.97. The summed E-state index contributed by atoms with van der Waals surface area (Å²) >= 11 is 13.7. The molecule has 1 N–H and O–H groups in total. The van der Waals surface area contributed by atoms with Crippen molar-refractivity contribution in [2.24, 2.45) is 0 Å². The first-order chi connectivity index (χ1) is 17.2. The largest absolute Gasteiger partial charge is 0.494 e. The standard InChI is InChI=1S/C26H28Cl2N2O4S2/c1-3-34-23-10-8-22(9-11-23)30(36(32,33)24-12-4-19(2)5-13-24)17-26(31)29-14-15-35-18-20-6-7-21(27)16-25(20)28/h4-13,16H,3,14-15,17-18H2,1-2H3,(H,29,31). The van der Waals surface area contributed by atoms with Gasteiger partial charge in [0.1, 0.15) is 12.3 Å². The molecule has 192 valence electrons. The van der Waals surface area contributed by atoms with Crippen LogP contribution >= 0.6 is 35.0 Å². The summed E-state index contributed by atoms with van der Waals surface area (Å²) in [6, 6.07) is 18.6. The molecular formula is C26H28Cl2N2O4S2. The molecule has 0 aliphatic carbocycles. The highest BCUT2D eigenvalue weighted by Gasteiger charge is 2.27. The normalized spacial score (nSPS) is 11.2. The van der Waals surface area contributed by atoms with Crippen molar-refractivity contribution in [3.8, 4) is 5.75 Å². The molecule has 0 bridgehead atoms. The first-order valence-electron chi connectivity index (χ1n) is 11.3. The highest BCUT2D eigenvalue weighted by atomic mass is 35.5. The highest BCUT2D eigenvalue weighted by Crippen LogP contribution is 2.27. The van der Waals surface area contributed by atoms with Gasteiger partial charge in [0.05, 0.1) is 17.2 Å². The number of thioether (sulfide) groups is 1. The monoisotopic (exact) mass is 566 g/mol. The van der Waals surface area contributed by atoms with Crippen LogP contribution in [0.5, 0.6) is 5.75 Å². The zero-order valence-corrected chi connectivity index (χ0v) is 23.2. The molecule has 3 aromatic rings. The van der Waals surface area contributed by atoms with E-state index in [0.717, 1.165) is 15.4 Å². The molecule has 3 rings (SSSR count). The molecule has 0 aromatic heterocycles. The van der Waals surface area contributed by atoms with Gasteiger partial charge in [0, 0.05) is 28.1 Å². The van der Waals surface area contributed by atoms with Crippen LogP contribution in [0.25, 0.3) is 0 Å². The van der Waals surface area contributed by atoms with E-state index >= 15 is 0 Å². The molecule has 0 atom stereocenters. The molecule has 0 radical (unpaired) electrons. The Morgan fingerprint density at radius 2 is 1.72 bits per heavy atom. The number of anilines is 1. The number of amides is 1. The number of sulfonamides is 1. The van der Waals surface area contributed by atoms with Crippen LogP contribution in [0, 0.1) is 6.92 Å². The van der Waals surface area contributed by atoms with Crippen molar-refractivity contribution < 1.29 is 17.9 Å². The zero-order valence-electron chi connectivity index (χ0n) is 20.0. The molecule has 0 saturated heterocycles. The minimum atomic E-state index is -3.97. The summed E-state index contributed by atoms with van der Waals surface area (Å²) in [5.74, 6) is 1.53. The van der Waals surface area contributed by atoms with Crippen molar-refractivity contribution >= 4 is 56.6 Å². The minimum absolute atomic E-state index is 0.116. The van der Waals surface area contributed by atoms with Gasteiger partial charge in [-0.2, -0.15) is 11.8 Å². The second-order valence-corrected chi connectivity index (χ2v) is 11.7. The van der Waals surface area contributed by atoms with Crippen LogP contribution in [-0.4, -0.2) is 39.8 Å². The topological polar surface area (TPSA) is 75.7 Å². The Kier molecular flexibility index (Phi) is 10.4. The number of aryl methyl sites for hydroxylation is 1. The molecule has 36 heavy (non-hydrogen) atoms. The van der Waals surface area contributed by atoms with Gasteiger partial charge in [0.15, 0.2) is 0 Å². The molecule has 6 nitrogen and oxygen atoms in total. The van der Waals surface area contributed by atoms with Crippen molar-refractivity contribution in [1.29, 1.82) is 0 Å². The molecule has 0 aliphatic rings. The number of ether oxygens (including phenoxy) is 1. The molecule has 10 heteroatoms. The van der Waals surface area contributed by atoms with E-state index in [9.17, 15) is 13.2 Å². The Labute approximate surface area is 227 Å². The van der Waals surface area contributed by atoms with Gasteiger partial charge in [-0.25, -0.2) is 8.42 Å². The summed E-state index contributed by atoms with van der Waals surface area (Å²) in [4.78, 5) is 12.9. The molecule has 0 heterocycles. The van der Waals surface area contributed by atoms with Gasteiger partial charge in [0.2, 0.25) is 5.91 Å². The fourth-order valence-electron chi connectivity index (χ4n) is 3.30. The van der Waals surface area contributed by atoms with Crippen molar-refractivity contribution in [2.45, 2.75) is 24.5 Å². The first kappa shape index (κ1) is 28.2. The molecule has 3 aromatic carbocycles. The first-order valence-corrected chi connectivity index (χ1v) is 14.7. The van der Waals surface area contributed by atoms with Gasteiger partial charge < -0.3 is 10.1 Å². The number of benzene rings is 3.